The van der Waals surface area contributed by atoms with Crippen molar-refractivity contribution < 1.29 is 17.9 Å². The summed E-state index contributed by atoms with van der Waals surface area (Å²) in [5, 5.41) is 3.03. The van der Waals surface area contributed by atoms with Gasteiger partial charge in [0.1, 0.15) is 5.75 Å². The average Bonchev–Trinajstić information content (AvgIpc) is 2.70. The molecule has 7 heteroatoms. The molecule has 1 aliphatic rings. The summed E-state index contributed by atoms with van der Waals surface area (Å²) in [6, 6.07) is 14.4. The van der Waals surface area contributed by atoms with Crippen LogP contribution >= 0.6 is 0 Å². The first kappa shape index (κ1) is 21.3. The topological polar surface area (TPSA) is 75.7 Å². The van der Waals surface area contributed by atoms with Gasteiger partial charge in [-0.2, -0.15) is 4.31 Å². The van der Waals surface area contributed by atoms with E-state index < -0.39 is 10.0 Å². The zero-order valence-corrected chi connectivity index (χ0v) is 17.7. The molecular formula is C22H28N2O4S. The Kier molecular flexibility index (Phi) is 6.92. The van der Waals surface area contributed by atoms with Crippen molar-refractivity contribution in [2.75, 3.05) is 19.7 Å². The smallest absolute Gasteiger partial charge is 0.243 e. The van der Waals surface area contributed by atoms with Crippen LogP contribution < -0.4 is 10.1 Å². The van der Waals surface area contributed by atoms with Crippen LogP contribution in [0.15, 0.2) is 53.4 Å². The van der Waals surface area contributed by atoms with Crippen LogP contribution in [0, 0.1) is 6.92 Å². The normalized spacial score (nSPS) is 15.8. The SMILES string of the molecule is CCOc1ccc(CC(=O)NC2CCN(S(=O)(=O)c3ccc(C)cc3)CC2)cc1. The molecule has 0 unspecified atom stereocenters. The number of nitrogens with zero attached hydrogens (tertiary/aromatic N) is 1. The van der Waals surface area contributed by atoms with Crippen molar-refractivity contribution in [2.24, 2.45) is 0 Å². The van der Waals surface area contributed by atoms with Crippen LogP contribution in [-0.2, 0) is 21.2 Å². The maximum Gasteiger partial charge on any atom is 0.243 e. The zero-order valence-electron chi connectivity index (χ0n) is 16.9. The molecule has 1 heterocycles. The molecule has 0 aromatic heterocycles. The van der Waals surface area contributed by atoms with E-state index in [1.807, 2.05) is 38.1 Å². The van der Waals surface area contributed by atoms with Gasteiger partial charge in [-0.05, 0) is 56.5 Å². The van der Waals surface area contributed by atoms with Gasteiger partial charge in [-0.3, -0.25) is 4.79 Å². The van der Waals surface area contributed by atoms with Crippen LogP contribution in [-0.4, -0.2) is 44.4 Å². The van der Waals surface area contributed by atoms with Crippen LogP contribution in [0.3, 0.4) is 0 Å². The lowest BCUT2D eigenvalue weighted by Crippen LogP contribution is -2.46. The van der Waals surface area contributed by atoms with Crippen LogP contribution in [0.1, 0.15) is 30.9 Å². The molecule has 0 atom stereocenters. The van der Waals surface area contributed by atoms with Gasteiger partial charge >= 0.3 is 0 Å². The summed E-state index contributed by atoms with van der Waals surface area (Å²) in [5.41, 5.74) is 1.95. The van der Waals surface area contributed by atoms with Gasteiger partial charge in [0.2, 0.25) is 15.9 Å². The highest BCUT2D eigenvalue weighted by Crippen LogP contribution is 2.21. The minimum absolute atomic E-state index is 0.00494. The molecule has 2 aromatic carbocycles. The molecule has 0 saturated carbocycles. The number of hydrogen-bond donors (Lipinski definition) is 1. The number of carbonyl (C=O) groups is 1. The van der Waals surface area contributed by atoms with E-state index in [2.05, 4.69) is 5.32 Å². The molecule has 1 fully saturated rings. The van der Waals surface area contributed by atoms with Crippen molar-refractivity contribution in [2.45, 2.75) is 44.0 Å². The number of hydrogen-bond acceptors (Lipinski definition) is 4. The van der Waals surface area contributed by atoms with Crippen molar-refractivity contribution in [3.8, 4) is 5.75 Å². The number of sulfonamides is 1. The Bertz CT molecular complexity index is 916. The Balaban J connectivity index is 1.50. The molecule has 1 aliphatic heterocycles. The molecule has 0 aliphatic carbocycles. The molecule has 2 aromatic rings. The summed E-state index contributed by atoms with van der Waals surface area (Å²) in [4.78, 5) is 12.7. The van der Waals surface area contributed by atoms with Crippen molar-refractivity contribution in [1.82, 2.24) is 9.62 Å². The third-order valence-electron chi connectivity index (χ3n) is 5.08. The van der Waals surface area contributed by atoms with E-state index in [0.717, 1.165) is 16.9 Å². The van der Waals surface area contributed by atoms with Crippen LogP contribution in [0.5, 0.6) is 5.75 Å². The average molecular weight is 417 g/mol. The number of ether oxygens (including phenoxy) is 1. The first-order valence-corrected chi connectivity index (χ1v) is 11.4. The van der Waals surface area contributed by atoms with Gasteiger partial charge in [0, 0.05) is 19.1 Å². The Labute approximate surface area is 172 Å². The number of aryl methyl sites for hydroxylation is 1. The highest BCUT2D eigenvalue weighted by atomic mass is 32.2. The van der Waals surface area contributed by atoms with E-state index in [0.29, 0.717) is 43.9 Å². The second-order valence-corrected chi connectivity index (χ2v) is 9.25. The molecule has 29 heavy (non-hydrogen) atoms. The Morgan fingerprint density at radius 1 is 1.07 bits per heavy atom. The Morgan fingerprint density at radius 2 is 1.69 bits per heavy atom. The van der Waals surface area contributed by atoms with Gasteiger partial charge in [-0.1, -0.05) is 29.8 Å². The number of benzene rings is 2. The first-order valence-electron chi connectivity index (χ1n) is 9.96. The molecule has 3 rings (SSSR count). The number of rotatable bonds is 7. The molecule has 0 radical (unpaired) electrons. The van der Waals surface area contributed by atoms with Crippen LogP contribution in [0.25, 0.3) is 0 Å². The minimum atomic E-state index is -3.48. The third-order valence-corrected chi connectivity index (χ3v) is 6.99. The van der Waals surface area contributed by atoms with Gasteiger partial charge in [0.25, 0.3) is 0 Å². The van der Waals surface area contributed by atoms with E-state index >= 15 is 0 Å². The molecule has 0 spiro atoms. The zero-order chi connectivity index (χ0) is 20.9. The van der Waals surface area contributed by atoms with E-state index in [9.17, 15) is 13.2 Å². The fourth-order valence-corrected chi connectivity index (χ4v) is 4.90. The van der Waals surface area contributed by atoms with Gasteiger partial charge in [-0.25, -0.2) is 8.42 Å². The maximum atomic E-state index is 12.8. The second-order valence-electron chi connectivity index (χ2n) is 7.31. The van der Waals surface area contributed by atoms with Gasteiger partial charge in [0.15, 0.2) is 0 Å². The summed E-state index contributed by atoms with van der Waals surface area (Å²) in [6.07, 6.45) is 1.52. The van der Waals surface area contributed by atoms with E-state index in [1.165, 1.54) is 4.31 Å². The number of nitrogens with one attached hydrogen (secondary N) is 1. The standard InChI is InChI=1S/C22H28N2O4S/c1-3-28-20-8-6-18(7-9-20)16-22(25)23-19-12-14-24(15-13-19)29(26,27)21-10-4-17(2)5-11-21/h4-11,19H,3,12-16H2,1-2H3,(H,23,25). The fraction of sp³-hybridized carbons (Fsp3) is 0.409. The maximum absolute atomic E-state index is 12.8. The summed E-state index contributed by atoms with van der Waals surface area (Å²) in [6.45, 7) is 5.28. The lowest BCUT2D eigenvalue weighted by atomic mass is 10.1. The first-order chi connectivity index (χ1) is 13.9. The molecule has 1 amide bonds. The summed E-state index contributed by atoms with van der Waals surface area (Å²) < 4.78 is 32.5. The lowest BCUT2D eigenvalue weighted by molar-refractivity contribution is -0.121. The summed E-state index contributed by atoms with van der Waals surface area (Å²) >= 11 is 0. The summed E-state index contributed by atoms with van der Waals surface area (Å²) in [7, 11) is -3.48. The number of piperidine rings is 1. The molecule has 1 saturated heterocycles. The van der Waals surface area contributed by atoms with Crippen molar-refractivity contribution in [3.63, 3.8) is 0 Å². The van der Waals surface area contributed by atoms with Crippen LogP contribution in [0.2, 0.25) is 0 Å². The van der Waals surface area contributed by atoms with Crippen LogP contribution in [0.4, 0.5) is 0 Å². The molecule has 156 valence electrons. The van der Waals surface area contributed by atoms with E-state index in [-0.39, 0.29) is 11.9 Å². The summed E-state index contributed by atoms with van der Waals surface area (Å²) in [5.74, 6) is 0.743. The number of carbonyl (C=O) groups excluding carboxylic acids is 1. The molecule has 6 nitrogen and oxygen atoms in total. The highest BCUT2D eigenvalue weighted by molar-refractivity contribution is 7.89. The predicted molar refractivity (Wildman–Crippen MR) is 112 cm³/mol. The minimum Gasteiger partial charge on any atom is -0.494 e. The third kappa shape index (κ3) is 5.58. The van der Waals surface area contributed by atoms with Crippen molar-refractivity contribution >= 4 is 15.9 Å². The number of amides is 1. The predicted octanol–water partition coefficient (Wildman–Crippen LogP) is 2.91. The van der Waals surface area contributed by atoms with E-state index in [4.69, 9.17) is 4.74 Å². The Hall–Kier alpha value is -2.38. The molecule has 0 bridgehead atoms. The van der Waals surface area contributed by atoms with Gasteiger partial charge in [0.05, 0.1) is 17.9 Å². The molecule has 1 N–H and O–H groups in total. The van der Waals surface area contributed by atoms with Crippen molar-refractivity contribution in [3.05, 3.63) is 59.7 Å². The highest BCUT2D eigenvalue weighted by Gasteiger charge is 2.29. The molecular weight excluding hydrogens is 388 g/mol. The van der Waals surface area contributed by atoms with Gasteiger partial charge < -0.3 is 10.1 Å². The van der Waals surface area contributed by atoms with Gasteiger partial charge in [-0.15, -0.1) is 0 Å². The quantitative estimate of drug-likeness (QED) is 0.753. The largest absolute Gasteiger partial charge is 0.494 e. The fourth-order valence-electron chi connectivity index (χ4n) is 3.43. The monoisotopic (exact) mass is 416 g/mol. The van der Waals surface area contributed by atoms with E-state index in [1.54, 1.807) is 24.3 Å². The second kappa shape index (κ2) is 9.41. The lowest BCUT2D eigenvalue weighted by Gasteiger charge is -2.31. The Morgan fingerprint density at radius 3 is 2.28 bits per heavy atom. The van der Waals surface area contributed by atoms with Crippen molar-refractivity contribution in [1.29, 1.82) is 0 Å².